The van der Waals surface area contributed by atoms with Crippen LogP contribution < -0.4 is 10.2 Å². The average molecular weight is 441 g/mol. The number of thioether (sulfide) groups is 1. The van der Waals surface area contributed by atoms with Gasteiger partial charge in [-0.25, -0.2) is 9.97 Å². The van der Waals surface area contributed by atoms with Crippen molar-refractivity contribution < 1.29 is 9.53 Å². The molecule has 6 nitrogen and oxygen atoms in total. The molecule has 3 heterocycles. The molecule has 1 N–H and O–H groups in total. The van der Waals surface area contributed by atoms with E-state index >= 15 is 0 Å². The molecule has 1 aliphatic rings. The fourth-order valence-electron chi connectivity index (χ4n) is 3.45. The smallest absolute Gasteiger partial charge is 0.256 e. The molecular weight excluding hydrogens is 416 g/mol. The third-order valence-corrected chi connectivity index (χ3v) is 6.48. The lowest BCUT2D eigenvalue weighted by Gasteiger charge is -2.36. The van der Waals surface area contributed by atoms with Crippen LogP contribution in [0.25, 0.3) is 0 Å². The van der Waals surface area contributed by atoms with Gasteiger partial charge in [0.05, 0.1) is 40.9 Å². The van der Waals surface area contributed by atoms with E-state index in [2.05, 4.69) is 34.0 Å². The van der Waals surface area contributed by atoms with E-state index in [0.29, 0.717) is 11.3 Å². The molecule has 2 aromatic heterocycles. The molecule has 1 saturated heterocycles. The second kappa shape index (κ2) is 9.59. The molecule has 0 saturated carbocycles. The molecular formula is C22H24N4O2S2. The lowest BCUT2D eigenvalue weighted by molar-refractivity contribution is -0.00545. The van der Waals surface area contributed by atoms with Gasteiger partial charge in [-0.2, -0.15) is 0 Å². The summed E-state index contributed by atoms with van der Waals surface area (Å²) in [6, 6.07) is 11.5. The highest BCUT2D eigenvalue weighted by Crippen LogP contribution is 2.27. The molecule has 3 aromatic rings. The number of benzene rings is 1. The number of nitrogens with zero attached hydrogens (tertiary/aromatic N) is 3. The van der Waals surface area contributed by atoms with Crippen molar-refractivity contribution >= 4 is 40.5 Å². The first-order chi connectivity index (χ1) is 14.6. The van der Waals surface area contributed by atoms with Gasteiger partial charge in [-0.05, 0) is 38.1 Å². The first-order valence-corrected chi connectivity index (χ1v) is 11.8. The van der Waals surface area contributed by atoms with Crippen molar-refractivity contribution in [2.75, 3.05) is 23.3 Å². The Labute approximate surface area is 184 Å². The van der Waals surface area contributed by atoms with E-state index in [9.17, 15) is 4.79 Å². The third kappa shape index (κ3) is 5.19. The number of nitrogens with one attached hydrogen (secondary N) is 1. The summed E-state index contributed by atoms with van der Waals surface area (Å²) in [5.41, 5.74) is 4.17. The minimum atomic E-state index is -0.139. The molecule has 156 valence electrons. The van der Waals surface area contributed by atoms with Gasteiger partial charge in [-0.1, -0.05) is 12.1 Å². The van der Waals surface area contributed by atoms with Crippen LogP contribution in [0.4, 0.5) is 11.5 Å². The van der Waals surface area contributed by atoms with Crippen LogP contribution >= 0.6 is 23.1 Å². The van der Waals surface area contributed by atoms with Gasteiger partial charge in [0.25, 0.3) is 5.91 Å². The van der Waals surface area contributed by atoms with Crippen molar-refractivity contribution in [2.45, 2.75) is 36.7 Å². The van der Waals surface area contributed by atoms with E-state index in [0.717, 1.165) is 35.2 Å². The summed E-state index contributed by atoms with van der Waals surface area (Å²) >= 11 is 3.19. The van der Waals surface area contributed by atoms with Gasteiger partial charge in [0.1, 0.15) is 5.82 Å². The maximum Gasteiger partial charge on any atom is 0.256 e. The molecule has 0 radical (unpaired) electrons. The van der Waals surface area contributed by atoms with E-state index in [1.54, 1.807) is 29.3 Å². The lowest BCUT2D eigenvalue weighted by Crippen LogP contribution is -2.45. The fourth-order valence-corrected chi connectivity index (χ4v) is 5.07. The molecule has 2 atom stereocenters. The highest BCUT2D eigenvalue weighted by molar-refractivity contribution is 7.98. The average Bonchev–Trinajstić information content (AvgIpc) is 3.26. The number of hydrogen-bond acceptors (Lipinski definition) is 7. The highest BCUT2D eigenvalue weighted by atomic mass is 32.2. The van der Waals surface area contributed by atoms with Gasteiger partial charge in [-0.3, -0.25) is 4.79 Å². The maximum absolute atomic E-state index is 12.9. The van der Waals surface area contributed by atoms with Gasteiger partial charge in [0.15, 0.2) is 0 Å². The monoisotopic (exact) mass is 440 g/mol. The molecule has 1 amide bonds. The van der Waals surface area contributed by atoms with Crippen molar-refractivity contribution in [3.05, 3.63) is 64.7 Å². The largest absolute Gasteiger partial charge is 0.372 e. The quantitative estimate of drug-likeness (QED) is 0.561. The zero-order chi connectivity index (χ0) is 20.9. The number of carbonyl (C=O) groups excluding carboxylic acids is 1. The zero-order valence-electron chi connectivity index (χ0n) is 16.9. The predicted molar refractivity (Wildman–Crippen MR) is 123 cm³/mol. The summed E-state index contributed by atoms with van der Waals surface area (Å²) in [6.45, 7) is 5.77. The van der Waals surface area contributed by atoms with Gasteiger partial charge in [-0.15, -0.1) is 23.1 Å². The lowest BCUT2D eigenvalue weighted by atomic mass is 10.2. The number of aromatic nitrogens is 2. The number of amides is 1. The molecule has 30 heavy (non-hydrogen) atoms. The van der Waals surface area contributed by atoms with Crippen LogP contribution in [-0.4, -0.2) is 41.2 Å². The summed E-state index contributed by atoms with van der Waals surface area (Å²) in [5.74, 6) is 1.49. The number of carbonyl (C=O) groups is 1. The summed E-state index contributed by atoms with van der Waals surface area (Å²) < 4.78 is 5.79. The Bertz CT molecular complexity index is 969. The molecule has 1 aliphatic heterocycles. The minimum Gasteiger partial charge on any atom is -0.372 e. The van der Waals surface area contributed by atoms with E-state index in [1.165, 1.54) is 0 Å². The number of thiazole rings is 1. The maximum atomic E-state index is 12.9. The van der Waals surface area contributed by atoms with Gasteiger partial charge < -0.3 is 15.0 Å². The Morgan fingerprint density at radius 3 is 2.70 bits per heavy atom. The highest BCUT2D eigenvalue weighted by Gasteiger charge is 2.23. The van der Waals surface area contributed by atoms with E-state index in [1.807, 2.05) is 47.3 Å². The molecule has 0 spiro atoms. The first kappa shape index (κ1) is 20.8. The van der Waals surface area contributed by atoms with Gasteiger partial charge >= 0.3 is 0 Å². The SMILES string of the molecule is CC1CN(c2ccc(NC(=O)c3ccccc3SCc3cscn3)cn2)CC(C)O1. The van der Waals surface area contributed by atoms with E-state index in [4.69, 9.17) is 4.74 Å². The minimum absolute atomic E-state index is 0.139. The first-order valence-electron chi connectivity index (χ1n) is 9.85. The van der Waals surface area contributed by atoms with Gasteiger partial charge in [0.2, 0.25) is 0 Å². The number of hydrogen-bond donors (Lipinski definition) is 1. The molecule has 2 unspecified atom stereocenters. The van der Waals surface area contributed by atoms with Crippen molar-refractivity contribution in [1.82, 2.24) is 9.97 Å². The normalized spacial score (nSPS) is 18.9. The summed E-state index contributed by atoms with van der Waals surface area (Å²) in [4.78, 5) is 24.9. The second-order valence-corrected chi connectivity index (χ2v) is 9.02. The number of rotatable bonds is 6. The Morgan fingerprint density at radius 2 is 2.00 bits per heavy atom. The topological polar surface area (TPSA) is 67.4 Å². The van der Waals surface area contributed by atoms with Crippen LogP contribution in [0.1, 0.15) is 29.9 Å². The van der Waals surface area contributed by atoms with Crippen molar-refractivity contribution in [3.63, 3.8) is 0 Å². The Kier molecular flexibility index (Phi) is 6.66. The van der Waals surface area contributed by atoms with Crippen LogP contribution in [0.15, 0.2) is 58.4 Å². The Balaban J connectivity index is 1.41. The Morgan fingerprint density at radius 1 is 1.20 bits per heavy atom. The van der Waals surface area contributed by atoms with E-state index in [-0.39, 0.29) is 18.1 Å². The second-order valence-electron chi connectivity index (χ2n) is 7.29. The Hall–Kier alpha value is -2.42. The van der Waals surface area contributed by atoms with Crippen molar-refractivity contribution in [3.8, 4) is 0 Å². The fraction of sp³-hybridized carbons (Fsp3) is 0.318. The summed E-state index contributed by atoms with van der Waals surface area (Å²) in [7, 11) is 0. The number of ether oxygens (including phenoxy) is 1. The van der Waals surface area contributed by atoms with Crippen molar-refractivity contribution in [2.24, 2.45) is 0 Å². The van der Waals surface area contributed by atoms with Crippen LogP contribution in [0.2, 0.25) is 0 Å². The summed E-state index contributed by atoms with van der Waals surface area (Å²) in [6.07, 6.45) is 2.06. The van der Waals surface area contributed by atoms with Crippen LogP contribution in [0.3, 0.4) is 0 Å². The molecule has 8 heteroatoms. The van der Waals surface area contributed by atoms with Crippen LogP contribution in [-0.2, 0) is 10.5 Å². The van der Waals surface area contributed by atoms with Crippen LogP contribution in [0.5, 0.6) is 0 Å². The van der Waals surface area contributed by atoms with Crippen LogP contribution in [0, 0.1) is 0 Å². The zero-order valence-corrected chi connectivity index (χ0v) is 18.6. The molecule has 1 aromatic carbocycles. The number of morpholine rings is 1. The third-order valence-electron chi connectivity index (χ3n) is 4.74. The number of pyridine rings is 1. The predicted octanol–water partition coefficient (Wildman–Crippen LogP) is 4.70. The molecule has 0 aliphatic carbocycles. The molecule has 1 fully saturated rings. The summed E-state index contributed by atoms with van der Waals surface area (Å²) in [5, 5.41) is 4.99. The number of anilines is 2. The molecule has 0 bridgehead atoms. The van der Waals surface area contributed by atoms with E-state index < -0.39 is 0 Å². The molecule has 4 rings (SSSR count). The van der Waals surface area contributed by atoms with Gasteiger partial charge in [0, 0.05) is 29.1 Å². The van der Waals surface area contributed by atoms with Crippen molar-refractivity contribution in [1.29, 1.82) is 0 Å². The standard InChI is InChI=1S/C22H24N4O2S2/c1-15-10-26(11-16(2)28-15)21-8-7-17(9-23-21)25-22(27)19-5-3-4-6-20(19)30-13-18-12-29-14-24-18/h3-9,12,14-16H,10-11,13H2,1-2H3,(H,25,27).